The van der Waals surface area contributed by atoms with E-state index in [2.05, 4.69) is 15.9 Å². The van der Waals surface area contributed by atoms with Crippen molar-refractivity contribution >= 4 is 27.7 Å². The number of benzene rings is 2. The largest absolute Gasteiger partial charge is 0.507 e. The molecule has 4 heteroatoms. The van der Waals surface area contributed by atoms with Crippen LogP contribution in [-0.2, 0) is 0 Å². The Bertz CT molecular complexity index is 499. The van der Waals surface area contributed by atoms with E-state index in [-0.39, 0.29) is 0 Å². The van der Waals surface area contributed by atoms with E-state index in [1.54, 1.807) is 17.8 Å². The standard InChI is InChI=1S/C14H13BrO2S/c15-11-5-7-12(8-6-11)17-9-10-18-14-4-2-1-3-13(14)16/h1-8,16H,9-10H2. The fourth-order valence-corrected chi connectivity index (χ4v) is 2.46. The first-order valence-electron chi connectivity index (χ1n) is 5.55. The Hall–Kier alpha value is -1.13. The first-order chi connectivity index (χ1) is 8.75. The first-order valence-corrected chi connectivity index (χ1v) is 7.33. The number of hydrogen-bond acceptors (Lipinski definition) is 3. The maximum atomic E-state index is 9.59. The van der Waals surface area contributed by atoms with Crippen molar-refractivity contribution in [1.82, 2.24) is 0 Å². The Morgan fingerprint density at radius 3 is 2.50 bits per heavy atom. The van der Waals surface area contributed by atoms with Gasteiger partial charge in [0, 0.05) is 15.1 Å². The molecule has 0 radical (unpaired) electrons. The Balaban J connectivity index is 1.76. The summed E-state index contributed by atoms with van der Waals surface area (Å²) in [5.74, 6) is 1.98. The highest BCUT2D eigenvalue weighted by Gasteiger charge is 2.00. The van der Waals surface area contributed by atoms with Crippen LogP contribution < -0.4 is 4.74 Å². The maximum absolute atomic E-state index is 9.59. The highest BCUT2D eigenvalue weighted by molar-refractivity contribution is 9.10. The summed E-state index contributed by atoms with van der Waals surface area (Å²) in [7, 11) is 0. The van der Waals surface area contributed by atoms with E-state index in [4.69, 9.17) is 4.74 Å². The summed E-state index contributed by atoms with van der Waals surface area (Å²) in [6.45, 7) is 0.612. The van der Waals surface area contributed by atoms with E-state index in [9.17, 15) is 5.11 Å². The Morgan fingerprint density at radius 2 is 1.78 bits per heavy atom. The summed E-state index contributed by atoms with van der Waals surface area (Å²) >= 11 is 4.96. The summed E-state index contributed by atoms with van der Waals surface area (Å²) in [5.41, 5.74) is 0. The van der Waals surface area contributed by atoms with Crippen molar-refractivity contribution in [2.75, 3.05) is 12.4 Å². The lowest BCUT2D eigenvalue weighted by molar-refractivity contribution is 0.344. The SMILES string of the molecule is Oc1ccccc1SCCOc1ccc(Br)cc1. The molecule has 1 N–H and O–H groups in total. The minimum absolute atomic E-state index is 0.325. The quantitative estimate of drug-likeness (QED) is 0.655. The number of para-hydroxylation sites is 1. The lowest BCUT2D eigenvalue weighted by atomic mass is 10.3. The van der Waals surface area contributed by atoms with Gasteiger partial charge in [0.05, 0.1) is 6.61 Å². The van der Waals surface area contributed by atoms with Crippen LogP contribution in [0.3, 0.4) is 0 Å². The normalized spacial score (nSPS) is 10.3. The summed E-state index contributed by atoms with van der Waals surface area (Å²) in [6.07, 6.45) is 0. The van der Waals surface area contributed by atoms with Crippen molar-refractivity contribution in [1.29, 1.82) is 0 Å². The van der Waals surface area contributed by atoms with Gasteiger partial charge in [-0.25, -0.2) is 0 Å². The molecule has 0 spiro atoms. The predicted molar refractivity (Wildman–Crippen MR) is 78.5 cm³/mol. The average Bonchev–Trinajstić information content (AvgIpc) is 2.39. The van der Waals surface area contributed by atoms with E-state index < -0.39 is 0 Å². The minimum Gasteiger partial charge on any atom is -0.507 e. The van der Waals surface area contributed by atoms with Crippen LogP contribution in [0, 0.1) is 0 Å². The van der Waals surface area contributed by atoms with E-state index >= 15 is 0 Å². The van der Waals surface area contributed by atoms with E-state index in [1.807, 2.05) is 42.5 Å². The van der Waals surface area contributed by atoms with E-state index in [0.717, 1.165) is 20.9 Å². The van der Waals surface area contributed by atoms with Crippen molar-refractivity contribution in [2.24, 2.45) is 0 Å². The number of hydrogen-bond donors (Lipinski definition) is 1. The third kappa shape index (κ3) is 3.96. The molecule has 2 nitrogen and oxygen atoms in total. The van der Waals surface area contributed by atoms with Gasteiger partial charge in [0.15, 0.2) is 0 Å². The van der Waals surface area contributed by atoms with Crippen LogP contribution in [0.15, 0.2) is 57.9 Å². The summed E-state index contributed by atoms with van der Waals surface area (Å²) in [4.78, 5) is 0.886. The summed E-state index contributed by atoms with van der Waals surface area (Å²) in [6, 6.07) is 15.1. The van der Waals surface area contributed by atoms with Gasteiger partial charge in [-0.05, 0) is 36.4 Å². The van der Waals surface area contributed by atoms with Crippen LogP contribution in [0.5, 0.6) is 11.5 Å². The number of rotatable bonds is 5. The lowest BCUT2D eigenvalue weighted by Gasteiger charge is -2.07. The second-order valence-corrected chi connectivity index (χ2v) is 5.67. The lowest BCUT2D eigenvalue weighted by Crippen LogP contribution is -1.99. The molecule has 2 aromatic carbocycles. The molecular weight excluding hydrogens is 312 g/mol. The van der Waals surface area contributed by atoms with Gasteiger partial charge in [-0.3, -0.25) is 0 Å². The highest BCUT2D eigenvalue weighted by atomic mass is 79.9. The van der Waals surface area contributed by atoms with Crippen molar-refractivity contribution in [2.45, 2.75) is 4.90 Å². The predicted octanol–water partition coefficient (Wildman–Crippen LogP) is 4.33. The van der Waals surface area contributed by atoms with Gasteiger partial charge in [-0.1, -0.05) is 28.1 Å². The van der Waals surface area contributed by atoms with Crippen LogP contribution in [0.25, 0.3) is 0 Å². The van der Waals surface area contributed by atoms with Gasteiger partial charge in [0.25, 0.3) is 0 Å². The third-order valence-corrected chi connectivity index (χ3v) is 3.84. The van der Waals surface area contributed by atoms with Gasteiger partial charge >= 0.3 is 0 Å². The molecule has 0 bridgehead atoms. The fraction of sp³-hybridized carbons (Fsp3) is 0.143. The number of thioether (sulfide) groups is 1. The zero-order valence-corrected chi connectivity index (χ0v) is 12.1. The molecule has 2 aromatic rings. The van der Waals surface area contributed by atoms with Gasteiger partial charge in [0.1, 0.15) is 11.5 Å². The third-order valence-electron chi connectivity index (χ3n) is 2.29. The van der Waals surface area contributed by atoms with Crippen molar-refractivity contribution in [3.63, 3.8) is 0 Å². The van der Waals surface area contributed by atoms with Crippen LogP contribution in [0.4, 0.5) is 0 Å². The molecule has 0 saturated carbocycles. The number of phenols is 1. The van der Waals surface area contributed by atoms with Gasteiger partial charge in [-0.15, -0.1) is 11.8 Å². The van der Waals surface area contributed by atoms with Crippen LogP contribution in [0.1, 0.15) is 0 Å². The molecule has 94 valence electrons. The topological polar surface area (TPSA) is 29.5 Å². The van der Waals surface area contributed by atoms with Crippen molar-refractivity contribution in [3.05, 3.63) is 53.0 Å². The summed E-state index contributed by atoms with van der Waals surface area (Å²) < 4.78 is 6.64. The highest BCUT2D eigenvalue weighted by Crippen LogP contribution is 2.27. The zero-order chi connectivity index (χ0) is 12.8. The number of aromatic hydroxyl groups is 1. The monoisotopic (exact) mass is 324 g/mol. The molecule has 0 unspecified atom stereocenters. The molecule has 0 saturated heterocycles. The van der Waals surface area contributed by atoms with Gasteiger partial charge in [0.2, 0.25) is 0 Å². The summed E-state index contributed by atoms with van der Waals surface area (Å²) in [5, 5.41) is 9.59. The molecule has 0 aromatic heterocycles. The molecule has 2 rings (SSSR count). The smallest absolute Gasteiger partial charge is 0.129 e. The molecule has 0 amide bonds. The van der Waals surface area contributed by atoms with Crippen LogP contribution >= 0.6 is 27.7 Å². The molecule has 0 atom stereocenters. The first kappa shape index (κ1) is 13.3. The molecule has 0 heterocycles. The maximum Gasteiger partial charge on any atom is 0.129 e. The Labute approximate surface area is 119 Å². The molecule has 0 aliphatic carbocycles. The minimum atomic E-state index is 0.325. The molecule has 18 heavy (non-hydrogen) atoms. The van der Waals surface area contributed by atoms with Gasteiger partial charge < -0.3 is 9.84 Å². The number of phenolic OH excluding ortho intramolecular Hbond substituents is 1. The second kappa shape index (κ2) is 6.71. The molecule has 0 aliphatic heterocycles. The van der Waals surface area contributed by atoms with E-state index in [0.29, 0.717) is 12.4 Å². The zero-order valence-electron chi connectivity index (χ0n) is 9.67. The average molecular weight is 325 g/mol. The Morgan fingerprint density at radius 1 is 1.06 bits per heavy atom. The van der Waals surface area contributed by atoms with Gasteiger partial charge in [-0.2, -0.15) is 0 Å². The van der Waals surface area contributed by atoms with E-state index in [1.165, 1.54) is 0 Å². The second-order valence-electron chi connectivity index (χ2n) is 3.62. The molecular formula is C14H13BrO2S. The number of halogens is 1. The fourth-order valence-electron chi connectivity index (χ4n) is 1.42. The van der Waals surface area contributed by atoms with Crippen molar-refractivity contribution in [3.8, 4) is 11.5 Å². The Kier molecular flexibility index (Phi) is 4.96. The number of ether oxygens (including phenoxy) is 1. The molecule has 0 aliphatic rings. The van der Waals surface area contributed by atoms with Crippen LogP contribution in [0.2, 0.25) is 0 Å². The van der Waals surface area contributed by atoms with Crippen molar-refractivity contribution < 1.29 is 9.84 Å². The molecule has 0 fully saturated rings. The van der Waals surface area contributed by atoms with Crippen LogP contribution in [-0.4, -0.2) is 17.5 Å².